The van der Waals surface area contributed by atoms with E-state index in [0.29, 0.717) is 0 Å². The van der Waals surface area contributed by atoms with E-state index in [2.05, 4.69) is 34.1 Å². The lowest BCUT2D eigenvalue weighted by molar-refractivity contribution is 0.102. The van der Waals surface area contributed by atoms with E-state index in [4.69, 9.17) is 20.6 Å². The third-order valence-corrected chi connectivity index (χ3v) is 12.3. The second kappa shape index (κ2) is 17.5. The first kappa shape index (κ1) is 44.4. The van der Waals surface area contributed by atoms with Gasteiger partial charge in [0.05, 0.1) is 57.3 Å². The molecule has 23 nitrogen and oxygen atoms in total. The number of sulfone groups is 2. The molecular weight excluding hydrogens is 863 g/mol. The third-order valence-electron chi connectivity index (χ3n) is 7.08. The fourth-order valence-electron chi connectivity index (χ4n) is 4.39. The van der Waals surface area contributed by atoms with Crippen LogP contribution in [0.1, 0.15) is 10.4 Å². The summed E-state index contributed by atoms with van der Waals surface area (Å²) in [5.41, 5.74) is 10.6. The van der Waals surface area contributed by atoms with Gasteiger partial charge in [0.25, 0.3) is 16.0 Å². The summed E-state index contributed by atoms with van der Waals surface area (Å²) < 4.78 is 152. The van der Waals surface area contributed by atoms with E-state index in [0.717, 1.165) is 24.3 Å². The van der Waals surface area contributed by atoms with Gasteiger partial charge in [-0.15, -0.1) is 10.2 Å². The standard InChI is InChI=1S/C29H29N7O16S5/c30-26-24(17-25(55(42,43)44)27(31)28(26)36-34-20-8-10-22(11-9-20)53(38,39)14-12-51-56(45,46)47)35-33-19-6-4-18(5-7-19)29(37)32-21-2-1-3-23(16-21)54(40,41)15-13-52-57(48,49)50/h1-11,16-17H,12-15,30-31H2,(H,32,37)(H,42,43,44)(H,45,46,47)(H,48,49,50). The van der Waals surface area contributed by atoms with Crippen molar-refractivity contribution in [3.8, 4) is 0 Å². The van der Waals surface area contributed by atoms with Crippen LogP contribution in [0.4, 0.5) is 39.8 Å². The number of azo groups is 2. The van der Waals surface area contributed by atoms with Gasteiger partial charge in [0.1, 0.15) is 16.3 Å². The molecule has 0 aliphatic heterocycles. The highest BCUT2D eigenvalue weighted by Crippen LogP contribution is 2.43. The fourth-order valence-corrected chi connectivity index (χ4v) is 8.04. The lowest BCUT2D eigenvalue weighted by Gasteiger charge is -2.10. The summed E-state index contributed by atoms with van der Waals surface area (Å²) in [6.45, 7) is -1.70. The van der Waals surface area contributed by atoms with Crippen molar-refractivity contribution in [3.63, 3.8) is 0 Å². The lowest BCUT2D eigenvalue weighted by Crippen LogP contribution is -2.16. The van der Waals surface area contributed by atoms with Crippen molar-refractivity contribution in [2.75, 3.05) is 41.5 Å². The highest BCUT2D eigenvalue weighted by molar-refractivity contribution is 7.91. The van der Waals surface area contributed by atoms with E-state index in [1.54, 1.807) is 0 Å². The second-order valence-corrected chi connectivity index (χ2v) is 18.9. The van der Waals surface area contributed by atoms with Gasteiger partial charge in [-0.3, -0.25) is 18.5 Å². The normalized spacial score (nSPS) is 13.0. The average molecular weight is 892 g/mol. The van der Waals surface area contributed by atoms with Crippen LogP contribution >= 0.6 is 0 Å². The Morgan fingerprint density at radius 2 is 1.12 bits per heavy atom. The number of anilines is 3. The molecule has 0 radical (unpaired) electrons. The van der Waals surface area contributed by atoms with Crippen LogP contribution in [0, 0.1) is 0 Å². The number of amides is 1. The Kier molecular flexibility index (Phi) is 13.6. The summed E-state index contributed by atoms with van der Waals surface area (Å²) in [6, 6.07) is 15.7. The van der Waals surface area contributed by atoms with Crippen LogP contribution in [0.25, 0.3) is 0 Å². The van der Waals surface area contributed by atoms with Gasteiger partial charge in [-0.25, -0.2) is 25.2 Å². The number of nitrogens with two attached hydrogens (primary N) is 2. The van der Waals surface area contributed by atoms with E-state index in [1.807, 2.05) is 0 Å². The minimum absolute atomic E-state index is 0.00750. The molecule has 0 aliphatic rings. The average Bonchev–Trinajstić information content (AvgIpc) is 3.10. The lowest BCUT2D eigenvalue weighted by atomic mass is 10.2. The molecule has 306 valence electrons. The highest BCUT2D eigenvalue weighted by Gasteiger charge is 2.23. The fraction of sp³-hybridized carbons (Fsp3) is 0.138. The van der Waals surface area contributed by atoms with E-state index in [-0.39, 0.29) is 43.8 Å². The zero-order valence-electron chi connectivity index (χ0n) is 28.5. The molecule has 0 aromatic heterocycles. The van der Waals surface area contributed by atoms with Crippen molar-refractivity contribution in [1.29, 1.82) is 0 Å². The number of carbonyl (C=O) groups is 1. The van der Waals surface area contributed by atoms with E-state index in [9.17, 15) is 51.4 Å². The van der Waals surface area contributed by atoms with Gasteiger partial charge in [0.15, 0.2) is 19.7 Å². The zero-order valence-corrected chi connectivity index (χ0v) is 32.6. The van der Waals surface area contributed by atoms with Gasteiger partial charge in [-0.05, 0) is 72.8 Å². The van der Waals surface area contributed by atoms with Gasteiger partial charge >= 0.3 is 20.8 Å². The third kappa shape index (κ3) is 12.9. The molecule has 0 unspecified atom stereocenters. The van der Waals surface area contributed by atoms with Gasteiger partial charge < -0.3 is 16.8 Å². The maximum atomic E-state index is 12.9. The monoisotopic (exact) mass is 891 g/mol. The van der Waals surface area contributed by atoms with Crippen molar-refractivity contribution in [3.05, 3.63) is 84.4 Å². The molecule has 4 aromatic rings. The Labute approximate surface area is 324 Å². The van der Waals surface area contributed by atoms with Crippen molar-refractivity contribution >= 4 is 96.3 Å². The number of nitrogens with one attached hydrogen (secondary N) is 1. The first-order valence-electron chi connectivity index (χ1n) is 15.2. The van der Waals surface area contributed by atoms with Crippen molar-refractivity contribution < 1.29 is 68.9 Å². The molecule has 8 N–H and O–H groups in total. The van der Waals surface area contributed by atoms with E-state index in [1.165, 1.54) is 54.6 Å². The molecule has 1 amide bonds. The van der Waals surface area contributed by atoms with Crippen LogP contribution < -0.4 is 16.8 Å². The minimum atomic E-state index is -4.99. The van der Waals surface area contributed by atoms with Crippen molar-refractivity contribution in [2.45, 2.75) is 14.7 Å². The minimum Gasteiger partial charge on any atom is -0.396 e. The Bertz CT molecular complexity index is 2800. The first-order valence-corrected chi connectivity index (χ1v) is 22.7. The summed E-state index contributed by atoms with van der Waals surface area (Å²) in [5, 5.41) is 18.1. The summed E-state index contributed by atoms with van der Waals surface area (Å²) in [4.78, 5) is 11.5. The molecule has 4 aromatic carbocycles. The predicted octanol–water partition coefficient (Wildman–Crippen LogP) is 3.37. The first-order chi connectivity index (χ1) is 26.3. The number of carbonyl (C=O) groups excluding carboxylic acids is 1. The van der Waals surface area contributed by atoms with Crippen molar-refractivity contribution in [2.24, 2.45) is 20.5 Å². The number of hydrogen-bond acceptors (Lipinski definition) is 19. The van der Waals surface area contributed by atoms with Crippen LogP contribution in [-0.4, -0.2) is 86.4 Å². The van der Waals surface area contributed by atoms with Crippen LogP contribution in [0.3, 0.4) is 0 Å². The molecule has 0 aliphatic carbocycles. The van der Waals surface area contributed by atoms with Crippen LogP contribution in [0.15, 0.2) is 114 Å². The number of hydrogen-bond donors (Lipinski definition) is 6. The topological polar surface area (TPSA) is 380 Å². The van der Waals surface area contributed by atoms with E-state index >= 15 is 0 Å². The Morgan fingerprint density at radius 1 is 0.614 bits per heavy atom. The van der Waals surface area contributed by atoms with Gasteiger partial charge in [0.2, 0.25) is 0 Å². The molecule has 57 heavy (non-hydrogen) atoms. The molecule has 0 fully saturated rings. The molecule has 0 atom stereocenters. The molecule has 0 saturated carbocycles. The van der Waals surface area contributed by atoms with Gasteiger partial charge in [0, 0.05) is 11.3 Å². The van der Waals surface area contributed by atoms with Gasteiger partial charge in [-0.2, -0.15) is 35.5 Å². The predicted molar refractivity (Wildman–Crippen MR) is 200 cm³/mol. The Balaban J connectivity index is 1.51. The molecule has 0 saturated heterocycles. The zero-order chi connectivity index (χ0) is 42.4. The van der Waals surface area contributed by atoms with Gasteiger partial charge in [-0.1, -0.05) is 6.07 Å². The maximum Gasteiger partial charge on any atom is 0.397 e. The molecule has 4 rings (SSSR count). The largest absolute Gasteiger partial charge is 0.397 e. The highest BCUT2D eigenvalue weighted by atomic mass is 32.3. The summed E-state index contributed by atoms with van der Waals surface area (Å²) >= 11 is 0. The Morgan fingerprint density at radius 3 is 1.65 bits per heavy atom. The van der Waals surface area contributed by atoms with Crippen LogP contribution in [-0.2, 0) is 59.0 Å². The second-order valence-electron chi connectivity index (χ2n) is 11.1. The van der Waals surface area contributed by atoms with Crippen LogP contribution in [0.5, 0.6) is 0 Å². The smallest absolute Gasteiger partial charge is 0.396 e. The van der Waals surface area contributed by atoms with E-state index < -0.39 is 97.5 Å². The number of rotatable bonds is 17. The van der Waals surface area contributed by atoms with Crippen molar-refractivity contribution in [1.82, 2.24) is 0 Å². The maximum absolute atomic E-state index is 12.9. The summed E-state index contributed by atoms with van der Waals surface area (Å²) in [5.74, 6) is -2.27. The molecule has 0 heterocycles. The molecule has 28 heteroatoms. The summed E-state index contributed by atoms with van der Waals surface area (Å²) in [7, 11) is -22.8. The molecule has 0 bridgehead atoms. The molecular formula is C29H29N7O16S5. The quantitative estimate of drug-likeness (QED) is 0.0502. The Hall–Kier alpha value is -5.30. The number of benzene rings is 4. The number of nitrogen functional groups attached to an aromatic ring is 2. The number of nitrogens with zero attached hydrogens (tertiary/aromatic N) is 4. The summed E-state index contributed by atoms with van der Waals surface area (Å²) in [6.07, 6.45) is 0. The molecule has 0 spiro atoms. The van der Waals surface area contributed by atoms with Crippen LogP contribution in [0.2, 0.25) is 0 Å². The SMILES string of the molecule is Nc1c(N=Nc2ccc(C(=O)Nc3cccc(S(=O)(=O)CCOS(=O)(=O)O)c3)cc2)cc(S(=O)(=O)O)c(N)c1N=Nc1ccc(S(=O)(=O)CCOS(=O)(=O)O)cc1.